The van der Waals surface area contributed by atoms with Crippen LogP contribution in [0.1, 0.15) is 16.2 Å². The summed E-state index contributed by atoms with van der Waals surface area (Å²) in [4.78, 5) is 28.9. The van der Waals surface area contributed by atoms with Crippen molar-refractivity contribution in [3.63, 3.8) is 0 Å². The first-order valence-electron chi connectivity index (χ1n) is 4.82. The topological polar surface area (TPSA) is 101 Å². The molecule has 2 heterocycles. The lowest BCUT2D eigenvalue weighted by atomic mass is 10.3. The number of carbonyl (C=O) groups is 1. The molecule has 17 heavy (non-hydrogen) atoms. The minimum atomic E-state index is -0.329. The molecule has 0 spiro atoms. The standard InChI is InChI=1S/C10H10N4O2S/c11-8-3-1-2-7(14-8)9(15)12-4-6-5-17-10(16)13-6/h1-3,5H,4H2,(H2,11,14)(H,12,15)(H,13,16). The fourth-order valence-electron chi connectivity index (χ4n) is 1.24. The monoisotopic (exact) mass is 250 g/mol. The van der Waals surface area contributed by atoms with Crippen LogP contribution in [0.3, 0.4) is 0 Å². The first-order valence-corrected chi connectivity index (χ1v) is 5.70. The van der Waals surface area contributed by atoms with E-state index in [1.807, 2.05) is 0 Å². The molecule has 2 rings (SSSR count). The van der Waals surface area contributed by atoms with Crippen molar-refractivity contribution in [1.82, 2.24) is 15.3 Å². The maximum atomic E-state index is 11.7. The molecule has 0 bridgehead atoms. The third kappa shape index (κ3) is 2.91. The van der Waals surface area contributed by atoms with E-state index < -0.39 is 0 Å². The molecule has 0 unspecified atom stereocenters. The first kappa shape index (κ1) is 11.3. The summed E-state index contributed by atoms with van der Waals surface area (Å²) >= 11 is 1.06. The van der Waals surface area contributed by atoms with Gasteiger partial charge in [0.2, 0.25) is 0 Å². The van der Waals surface area contributed by atoms with Crippen molar-refractivity contribution >= 4 is 23.1 Å². The zero-order valence-corrected chi connectivity index (χ0v) is 9.58. The van der Waals surface area contributed by atoms with E-state index in [9.17, 15) is 9.59 Å². The molecule has 7 heteroatoms. The number of nitrogens with two attached hydrogens (primary N) is 1. The SMILES string of the molecule is Nc1cccc(C(=O)NCc2csc(=O)[nH]2)n1. The van der Waals surface area contributed by atoms with Gasteiger partial charge in [-0.2, -0.15) is 0 Å². The number of hydrogen-bond donors (Lipinski definition) is 3. The average molecular weight is 250 g/mol. The highest BCUT2D eigenvalue weighted by Crippen LogP contribution is 2.01. The van der Waals surface area contributed by atoms with Crippen molar-refractivity contribution < 1.29 is 4.79 Å². The van der Waals surface area contributed by atoms with Crippen LogP contribution in [0.2, 0.25) is 0 Å². The van der Waals surface area contributed by atoms with Gasteiger partial charge in [0.1, 0.15) is 11.5 Å². The maximum absolute atomic E-state index is 11.7. The van der Waals surface area contributed by atoms with Crippen molar-refractivity contribution in [2.24, 2.45) is 0 Å². The number of aromatic nitrogens is 2. The van der Waals surface area contributed by atoms with Crippen LogP contribution in [0.5, 0.6) is 0 Å². The van der Waals surface area contributed by atoms with E-state index in [0.29, 0.717) is 11.5 Å². The van der Waals surface area contributed by atoms with Crippen LogP contribution >= 0.6 is 11.3 Å². The molecule has 0 fully saturated rings. The van der Waals surface area contributed by atoms with Crippen molar-refractivity contribution in [2.45, 2.75) is 6.54 Å². The number of pyridine rings is 1. The Labute approximate surface area is 101 Å². The molecule has 4 N–H and O–H groups in total. The largest absolute Gasteiger partial charge is 0.384 e. The van der Waals surface area contributed by atoms with Crippen molar-refractivity contribution in [3.8, 4) is 0 Å². The summed E-state index contributed by atoms with van der Waals surface area (Å²) in [5.41, 5.74) is 6.39. The average Bonchev–Trinajstić information content (AvgIpc) is 2.72. The summed E-state index contributed by atoms with van der Waals surface area (Å²) in [5, 5.41) is 4.30. The van der Waals surface area contributed by atoms with E-state index in [2.05, 4.69) is 15.3 Å². The molecule has 1 amide bonds. The van der Waals surface area contributed by atoms with Crippen LogP contribution in [-0.2, 0) is 6.54 Å². The number of carbonyl (C=O) groups excluding carboxylic acids is 1. The third-order valence-electron chi connectivity index (χ3n) is 2.01. The Bertz CT molecular complexity index is 590. The highest BCUT2D eigenvalue weighted by Gasteiger charge is 2.07. The van der Waals surface area contributed by atoms with E-state index >= 15 is 0 Å². The number of anilines is 1. The molecular weight excluding hydrogens is 240 g/mol. The van der Waals surface area contributed by atoms with Crippen molar-refractivity contribution in [2.75, 3.05) is 5.73 Å². The molecule has 88 valence electrons. The quantitative estimate of drug-likeness (QED) is 0.731. The van der Waals surface area contributed by atoms with E-state index in [1.165, 1.54) is 0 Å². The molecule has 0 aromatic carbocycles. The van der Waals surface area contributed by atoms with Crippen LogP contribution in [0.25, 0.3) is 0 Å². The summed E-state index contributed by atoms with van der Waals surface area (Å²) in [6, 6.07) is 4.83. The van der Waals surface area contributed by atoms with E-state index in [1.54, 1.807) is 23.6 Å². The van der Waals surface area contributed by atoms with Crippen LogP contribution in [0, 0.1) is 0 Å². The minimum Gasteiger partial charge on any atom is -0.384 e. The van der Waals surface area contributed by atoms with Gasteiger partial charge in [-0.1, -0.05) is 17.4 Å². The number of H-pyrrole nitrogens is 1. The van der Waals surface area contributed by atoms with Gasteiger partial charge < -0.3 is 16.0 Å². The second-order valence-electron chi connectivity index (χ2n) is 3.30. The van der Waals surface area contributed by atoms with Crippen LogP contribution in [0.4, 0.5) is 5.82 Å². The Morgan fingerprint density at radius 1 is 1.53 bits per heavy atom. The summed E-state index contributed by atoms with van der Waals surface area (Å²) < 4.78 is 0. The van der Waals surface area contributed by atoms with Gasteiger partial charge in [0.15, 0.2) is 0 Å². The van der Waals surface area contributed by atoms with Crippen molar-refractivity contribution in [3.05, 3.63) is 44.6 Å². The Hall–Kier alpha value is -2.15. The van der Waals surface area contributed by atoms with E-state index in [0.717, 1.165) is 11.3 Å². The summed E-state index contributed by atoms with van der Waals surface area (Å²) in [5.74, 6) is -0.0362. The summed E-state index contributed by atoms with van der Waals surface area (Å²) in [7, 11) is 0. The lowest BCUT2D eigenvalue weighted by Gasteiger charge is -2.03. The molecule has 0 aliphatic carbocycles. The van der Waals surface area contributed by atoms with Gasteiger partial charge in [0.25, 0.3) is 5.91 Å². The van der Waals surface area contributed by atoms with Gasteiger partial charge in [-0.25, -0.2) is 4.98 Å². The highest BCUT2D eigenvalue weighted by atomic mass is 32.1. The maximum Gasteiger partial charge on any atom is 0.304 e. The number of amides is 1. The number of nitrogens with one attached hydrogen (secondary N) is 2. The molecule has 0 atom stereocenters. The van der Waals surface area contributed by atoms with Gasteiger partial charge >= 0.3 is 4.87 Å². The Morgan fingerprint density at radius 2 is 2.35 bits per heavy atom. The number of thiazole rings is 1. The normalized spacial score (nSPS) is 10.1. The van der Waals surface area contributed by atoms with Gasteiger partial charge in [0.05, 0.1) is 6.54 Å². The summed E-state index contributed by atoms with van der Waals surface area (Å²) in [6.45, 7) is 0.258. The van der Waals surface area contributed by atoms with E-state index in [4.69, 9.17) is 5.73 Å². The van der Waals surface area contributed by atoms with Gasteiger partial charge in [-0.15, -0.1) is 0 Å². The summed E-state index contributed by atoms with van der Waals surface area (Å²) in [6.07, 6.45) is 0. The Morgan fingerprint density at radius 3 is 3.00 bits per heavy atom. The lowest BCUT2D eigenvalue weighted by Crippen LogP contribution is -2.24. The molecule has 0 aliphatic rings. The number of nitrogens with zero attached hydrogens (tertiary/aromatic N) is 1. The second-order valence-corrected chi connectivity index (χ2v) is 4.15. The minimum absolute atomic E-state index is 0.142. The fraction of sp³-hybridized carbons (Fsp3) is 0.100. The first-order chi connectivity index (χ1) is 8.15. The van der Waals surface area contributed by atoms with Crippen LogP contribution < -0.4 is 15.9 Å². The number of rotatable bonds is 3. The molecule has 2 aromatic heterocycles. The van der Waals surface area contributed by atoms with Gasteiger partial charge in [0, 0.05) is 11.1 Å². The van der Waals surface area contributed by atoms with Gasteiger partial charge in [-0.05, 0) is 12.1 Å². The van der Waals surface area contributed by atoms with Gasteiger partial charge in [-0.3, -0.25) is 9.59 Å². The molecule has 0 radical (unpaired) electrons. The fourth-order valence-corrected chi connectivity index (χ4v) is 1.83. The lowest BCUT2D eigenvalue weighted by molar-refractivity contribution is 0.0945. The highest BCUT2D eigenvalue weighted by molar-refractivity contribution is 7.07. The zero-order valence-electron chi connectivity index (χ0n) is 8.77. The number of hydrogen-bond acceptors (Lipinski definition) is 5. The predicted octanol–water partition coefficient (Wildman–Crippen LogP) is 0.344. The number of nitrogen functional groups attached to an aromatic ring is 1. The zero-order chi connectivity index (χ0) is 12.3. The predicted molar refractivity (Wildman–Crippen MR) is 64.8 cm³/mol. The second kappa shape index (κ2) is 4.79. The van der Waals surface area contributed by atoms with Crippen LogP contribution in [-0.4, -0.2) is 15.9 Å². The molecule has 6 nitrogen and oxygen atoms in total. The molecule has 0 saturated carbocycles. The van der Waals surface area contributed by atoms with Crippen molar-refractivity contribution in [1.29, 1.82) is 0 Å². The van der Waals surface area contributed by atoms with Crippen LogP contribution in [0.15, 0.2) is 28.4 Å². The smallest absolute Gasteiger partial charge is 0.304 e. The molecule has 2 aromatic rings. The molecule has 0 saturated heterocycles. The number of aromatic amines is 1. The Kier molecular flexibility index (Phi) is 3.20. The Balaban J connectivity index is 2.00. The third-order valence-corrected chi connectivity index (χ3v) is 2.73. The molecular formula is C10H10N4O2S. The molecule has 0 aliphatic heterocycles. The van der Waals surface area contributed by atoms with E-state index in [-0.39, 0.29) is 23.0 Å².